The van der Waals surface area contributed by atoms with Gasteiger partial charge in [-0.1, -0.05) is 17.4 Å². The summed E-state index contributed by atoms with van der Waals surface area (Å²) < 4.78 is 26.8. The van der Waals surface area contributed by atoms with Crippen LogP contribution in [0.3, 0.4) is 0 Å². The normalized spacial score (nSPS) is 12.8. The zero-order valence-electron chi connectivity index (χ0n) is 8.25. The second-order valence-corrected chi connectivity index (χ2v) is 4.82. The number of hydrogen-bond donors (Lipinski definition) is 0. The number of alkyl halides is 1. The van der Waals surface area contributed by atoms with Crippen LogP contribution < -0.4 is 0 Å². The number of halogens is 3. The van der Waals surface area contributed by atoms with Crippen LogP contribution >= 0.6 is 22.9 Å². The zero-order chi connectivity index (χ0) is 11.7. The first-order valence-electron chi connectivity index (χ1n) is 4.51. The van der Waals surface area contributed by atoms with Crippen LogP contribution in [0.2, 0.25) is 0 Å². The smallest absolute Gasteiger partial charge is 0.153 e. The molecule has 0 amide bonds. The fourth-order valence-corrected chi connectivity index (χ4v) is 2.20. The highest BCUT2D eigenvalue weighted by atomic mass is 35.5. The molecular formula is C10H7ClF2N2S. The molecular weight excluding hydrogens is 254 g/mol. The van der Waals surface area contributed by atoms with Gasteiger partial charge in [-0.15, -0.1) is 21.8 Å². The second-order valence-electron chi connectivity index (χ2n) is 3.16. The molecule has 0 aliphatic carbocycles. The van der Waals surface area contributed by atoms with Gasteiger partial charge in [0.15, 0.2) is 5.01 Å². The minimum Gasteiger partial charge on any atom is -0.206 e. The zero-order valence-corrected chi connectivity index (χ0v) is 9.82. The lowest BCUT2D eigenvalue weighted by molar-refractivity contribution is 0.589. The Morgan fingerprint density at radius 1 is 1.25 bits per heavy atom. The van der Waals surface area contributed by atoms with Crippen molar-refractivity contribution in [2.75, 3.05) is 0 Å². The average molecular weight is 261 g/mol. The molecule has 6 heteroatoms. The summed E-state index contributed by atoms with van der Waals surface area (Å²) in [6.45, 7) is 1.73. The minimum atomic E-state index is -0.648. The van der Waals surface area contributed by atoms with E-state index in [0.717, 1.165) is 11.3 Å². The van der Waals surface area contributed by atoms with Gasteiger partial charge in [0, 0.05) is 0 Å². The maximum atomic E-state index is 13.4. The highest BCUT2D eigenvalue weighted by molar-refractivity contribution is 7.15. The molecule has 1 aromatic carbocycles. The first-order valence-corrected chi connectivity index (χ1v) is 5.76. The van der Waals surface area contributed by atoms with Crippen molar-refractivity contribution in [2.45, 2.75) is 12.3 Å². The van der Waals surface area contributed by atoms with Crippen LogP contribution in [0.15, 0.2) is 18.2 Å². The number of nitrogens with zero attached hydrogens (tertiary/aromatic N) is 2. The first-order chi connectivity index (χ1) is 7.59. The molecule has 2 aromatic rings. The van der Waals surface area contributed by atoms with Gasteiger partial charge in [0.05, 0.1) is 10.9 Å². The van der Waals surface area contributed by atoms with Gasteiger partial charge >= 0.3 is 0 Å². The second kappa shape index (κ2) is 4.43. The van der Waals surface area contributed by atoms with E-state index in [1.54, 1.807) is 6.92 Å². The fourth-order valence-electron chi connectivity index (χ4n) is 1.20. The highest BCUT2D eigenvalue weighted by Gasteiger charge is 2.17. The lowest BCUT2D eigenvalue weighted by Crippen LogP contribution is -1.88. The molecule has 1 heterocycles. The molecule has 0 fully saturated rings. The summed E-state index contributed by atoms with van der Waals surface area (Å²) in [6, 6.07) is 3.67. The molecule has 0 N–H and O–H groups in total. The number of aromatic nitrogens is 2. The Morgan fingerprint density at radius 2 is 1.88 bits per heavy atom. The lowest BCUT2D eigenvalue weighted by Gasteiger charge is -1.99. The third kappa shape index (κ3) is 2.05. The Bertz CT molecular complexity index is 493. The van der Waals surface area contributed by atoms with Crippen molar-refractivity contribution in [1.82, 2.24) is 10.2 Å². The predicted octanol–water partition coefficient (Wildman–Crippen LogP) is 3.78. The van der Waals surface area contributed by atoms with Crippen LogP contribution in [0.5, 0.6) is 0 Å². The molecule has 0 bridgehead atoms. The largest absolute Gasteiger partial charge is 0.206 e. The van der Waals surface area contributed by atoms with Crippen molar-refractivity contribution in [3.63, 3.8) is 0 Å². The SMILES string of the molecule is CC(Cl)c1nnc(-c2c(F)cccc2F)s1. The summed E-state index contributed by atoms with van der Waals surface area (Å²) in [6.07, 6.45) is 0. The van der Waals surface area contributed by atoms with E-state index in [1.165, 1.54) is 18.2 Å². The van der Waals surface area contributed by atoms with Crippen LogP contribution in [-0.4, -0.2) is 10.2 Å². The molecule has 0 radical (unpaired) electrons. The van der Waals surface area contributed by atoms with Crippen LogP contribution in [0.4, 0.5) is 8.78 Å². The van der Waals surface area contributed by atoms with Gasteiger partial charge in [-0.2, -0.15) is 0 Å². The quantitative estimate of drug-likeness (QED) is 0.768. The van der Waals surface area contributed by atoms with E-state index in [1.807, 2.05) is 0 Å². The Labute approximate surface area is 99.9 Å². The van der Waals surface area contributed by atoms with Gasteiger partial charge in [0.2, 0.25) is 0 Å². The molecule has 0 spiro atoms. The van der Waals surface area contributed by atoms with Gasteiger partial charge in [0.1, 0.15) is 16.6 Å². The molecule has 16 heavy (non-hydrogen) atoms. The maximum absolute atomic E-state index is 13.4. The third-order valence-electron chi connectivity index (χ3n) is 1.96. The van der Waals surface area contributed by atoms with Gasteiger partial charge in [-0.3, -0.25) is 0 Å². The molecule has 2 nitrogen and oxygen atoms in total. The van der Waals surface area contributed by atoms with Gasteiger partial charge in [-0.25, -0.2) is 8.78 Å². The standard InChI is InChI=1S/C10H7ClF2N2S/c1-5(11)9-14-15-10(16-9)8-6(12)3-2-4-7(8)13/h2-5H,1H3. The van der Waals surface area contributed by atoms with Crippen LogP contribution in [0.25, 0.3) is 10.6 Å². The molecule has 0 aliphatic rings. The van der Waals surface area contributed by atoms with Crippen LogP contribution in [-0.2, 0) is 0 Å². The van der Waals surface area contributed by atoms with Crippen LogP contribution in [0, 0.1) is 11.6 Å². The van der Waals surface area contributed by atoms with Crippen molar-refractivity contribution in [1.29, 1.82) is 0 Å². The van der Waals surface area contributed by atoms with Gasteiger partial charge < -0.3 is 0 Å². The summed E-state index contributed by atoms with van der Waals surface area (Å²) in [5, 5.41) is 7.94. The lowest BCUT2D eigenvalue weighted by atomic mass is 10.2. The molecule has 1 unspecified atom stereocenters. The molecule has 0 saturated heterocycles. The van der Waals surface area contributed by atoms with Crippen molar-refractivity contribution >= 4 is 22.9 Å². The van der Waals surface area contributed by atoms with E-state index in [9.17, 15) is 8.78 Å². The molecule has 1 atom stereocenters. The number of benzene rings is 1. The van der Waals surface area contributed by atoms with E-state index in [2.05, 4.69) is 10.2 Å². The summed E-state index contributed by atoms with van der Waals surface area (Å²) in [5.41, 5.74) is -0.149. The number of rotatable bonds is 2. The van der Waals surface area contributed by atoms with Crippen molar-refractivity contribution < 1.29 is 8.78 Å². The topological polar surface area (TPSA) is 25.8 Å². The molecule has 1 aromatic heterocycles. The summed E-state index contributed by atoms with van der Waals surface area (Å²) in [5.74, 6) is -1.30. The Hall–Kier alpha value is -1.07. The van der Waals surface area contributed by atoms with Crippen molar-refractivity contribution in [3.8, 4) is 10.6 Å². The van der Waals surface area contributed by atoms with E-state index in [-0.39, 0.29) is 15.9 Å². The first kappa shape index (κ1) is 11.4. The average Bonchev–Trinajstić information content (AvgIpc) is 2.66. The monoisotopic (exact) mass is 260 g/mol. The molecule has 0 saturated carbocycles. The molecule has 2 rings (SSSR count). The predicted molar refractivity (Wildman–Crippen MR) is 59.5 cm³/mol. The van der Waals surface area contributed by atoms with E-state index < -0.39 is 11.6 Å². The molecule has 84 valence electrons. The van der Waals surface area contributed by atoms with E-state index in [4.69, 9.17) is 11.6 Å². The Kier molecular flexibility index (Phi) is 3.16. The maximum Gasteiger partial charge on any atom is 0.153 e. The van der Waals surface area contributed by atoms with Crippen molar-refractivity contribution in [2.24, 2.45) is 0 Å². The summed E-state index contributed by atoms with van der Waals surface area (Å²) in [4.78, 5) is 0. The fraction of sp³-hybridized carbons (Fsp3) is 0.200. The summed E-state index contributed by atoms with van der Waals surface area (Å²) in [7, 11) is 0. The third-order valence-corrected chi connectivity index (χ3v) is 3.42. The van der Waals surface area contributed by atoms with Crippen LogP contribution in [0.1, 0.15) is 17.3 Å². The van der Waals surface area contributed by atoms with E-state index in [0.29, 0.717) is 5.01 Å². The van der Waals surface area contributed by atoms with Gasteiger partial charge in [0.25, 0.3) is 0 Å². The Balaban J connectivity index is 2.50. The van der Waals surface area contributed by atoms with Gasteiger partial charge in [-0.05, 0) is 19.1 Å². The minimum absolute atomic E-state index is 0.149. The van der Waals surface area contributed by atoms with E-state index >= 15 is 0 Å². The Morgan fingerprint density at radius 3 is 2.38 bits per heavy atom. The molecule has 0 aliphatic heterocycles. The highest BCUT2D eigenvalue weighted by Crippen LogP contribution is 2.32. The summed E-state index contributed by atoms with van der Waals surface area (Å²) >= 11 is 6.89. The van der Waals surface area contributed by atoms with Crippen molar-refractivity contribution in [3.05, 3.63) is 34.8 Å². The number of hydrogen-bond acceptors (Lipinski definition) is 3.